The maximum Gasteiger partial charge on any atom is 0.285 e. The summed E-state index contributed by atoms with van der Waals surface area (Å²) in [5.41, 5.74) is 0. The predicted octanol–water partition coefficient (Wildman–Crippen LogP) is 2.55. The number of hydrogen-bond acceptors (Lipinski definition) is 4. The zero-order chi connectivity index (χ0) is 10.7. The molecule has 2 aromatic rings. The fourth-order valence-electron chi connectivity index (χ4n) is 0.965. The summed E-state index contributed by atoms with van der Waals surface area (Å²) >= 11 is 4.47. The summed E-state index contributed by atoms with van der Waals surface area (Å²) in [7, 11) is 0. The van der Waals surface area contributed by atoms with E-state index in [1.165, 1.54) is 11.3 Å². The Balaban J connectivity index is 2.11. The molecule has 1 amide bonds. The van der Waals surface area contributed by atoms with Gasteiger partial charge in [-0.05, 0) is 28.1 Å². The molecule has 4 nitrogen and oxygen atoms in total. The molecule has 0 aliphatic heterocycles. The van der Waals surface area contributed by atoms with Gasteiger partial charge in [0.2, 0.25) is 0 Å². The first-order valence-electron chi connectivity index (χ1n) is 4.09. The van der Waals surface area contributed by atoms with E-state index in [4.69, 9.17) is 0 Å². The lowest BCUT2D eigenvalue weighted by Gasteiger charge is -1.99. The Bertz CT molecular complexity index is 471. The molecule has 15 heavy (non-hydrogen) atoms. The van der Waals surface area contributed by atoms with Gasteiger partial charge in [0.1, 0.15) is 10.4 Å². The van der Waals surface area contributed by atoms with Crippen molar-refractivity contribution in [1.82, 2.24) is 9.97 Å². The van der Waals surface area contributed by atoms with Crippen LogP contribution in [0, 0.1) is 0 Å². The Morgan fingerprint density at radius 2 is 2.33 bits per heavy atom. The number of carbonyl (C=O) groups excluding carboxylic acids is 1. The standard InChI is InChI=1S/C9H6BrN3OS/c10-6-5-15-9(12-6)8(14)13-7-3-1-2-4-11-7/h1-5H,(H,11,13,14). The van der Waals surface area contributed by atoms with Crippen LogP contribution in [-0.4, -0.2) is 15.9 Å². The van der Waals surface area contributed by atoms with Crippen molar-refractivity contribution in [3.05, 3.63) is 39.4 Å². The van der Waals surface area contributed by atoms with E-state index < -0.39 is 0 Å². The molecule has 0 saturated heterocycles. The molecule has 2 aromatic heterocycles. The molecule has 76 valence electrons. The van der Waals surface area contributed by atoms with Crippen LogP contribution in [0.4, 0.5) is 5.82 Å². The summed E-state index contributed by atoms with van der Waals surface area (Å²) in [6.07, 6.45) is 1.62. The number of carbonyl (C=O) groups is 1. The summed E-state index contributed by atoms with van der Waals surface area (Å²) in [5, 5.41) is 4.82. The summed E-state index contributed by atoms with van der Waals surface area (Å²) in [6.45, 7) is 0. The van der Waals surface area contributed by atoms with Gasteiger partial charge in [0.25, 0.3) is 5.91 Å². The molecule has 0 aliphatic rings. The molecule has 0 unspecified atom stereocenters. The number of aromatic nitrogens is 2. The van der Waals surface area contributed by atoms with Crippen molar-refractivity contribution >= 4 is 39.0 Å². The molecule has 0 fully saturated rings. The molecule has 0 saturated carbocycles. The Labute approximate surface area is 98.5 Å². The molecule has 0 radical (unpaired) electrons. The van der Waals surface area contributed by atoms with Crippen LogP contribution in [0.1, 0.15) is 9.80 Å². The van der Waals surface area contributed by atoms with Gasteiger partial charge in [-0.2, -0.15) is 0 Å². The van der Waals surface area contributed by atoms with Crippen molar-refractivity contribution in [2.24, 2.45) is 0 Å². The molecular formula is C9H6BrN3OS. The van der Waals surface area contributed by atoms with Crippen molar-refractivity contribution in [3.8, 4) is 0 Å². The topological polar surface area (TPSA) is 54.9 Å². The van der Waals surface area contributed by atoms with Gasteiger partial charge in [-0.1, -0.05) is 6.07 Å². The summed E-state index contributed by atoms with van der Waals surface area (Å²) in [4.78, 5) is 19.6. The highest BCUT2D eigenvalue weighted by Crippen LogP contribution is 2.15. The van der Waals surface area contributed by atoms with Crippen molar-refractivity contribution in [2.75, 3.05) is 5.32 Å². The largest absolute Gasteiger partial charge is 0.304 e. The monoisotopic (exact) mass is 283 g/mol. The second kappa shape index (κ2) is 4.50. The second-order valence-corrected chi connectivity index (χ2v) is 4.32. The van der Waals surface area contributed by atoms with Crippen molar-refractivity contribution in [3.63, 3.8) is 0 Å². The number of thiazole rings is 1. The average molecular weight is 284 g/mol. The van der Waals surface area contributed by atoms with Crippen LogP contribution in [0.3, 0.4) is 0 Å². The quantitative estimate of drug-likeness (QED) is 0.922. The number of amides is 1. The maximum absolute atomic E-state index is 11.6. The van der Waals surface area contributed by atoms with Gasteiger partial charge < -0.3 is 5.32 Å². The average Bonchev–Trinajstić information content (AvgIpc) is 2.66. The third-order valence-corrected chi connectivity index (χ3v) is 3.13. The minimum Gasteiger partial charge on any atom is -0.304 e. The van der Waals surface area contributed by atoms with E-state index in [9.17, 15) is 4.79 Å². The number of rotatable bonds is 2. The summed E-state index contributed by atoms with van der Waals surface area (Å²) in [5.74, 6) is 0.276. The first-order chi connectivity index (χ1) is 7.25. The molecule has 0 atom stereocenters. The normalized spacial score (nSPS) is 9.93. The summed E-state index contributed by atoms with van der Waals surface area (Å²) in [6, 6.07) is 5.32. The third-order valence-electron chi connectivity index (χ3n) is 1.58. The van der Waals surface area contributed by atoms with E-state index >= 15 is 0 Å². The Kier molecular flexibility index (Phi) is 3.08. The first-order valence-corrected chi connectivity index (χ1v) is 5.76. The molecule has 0 aliphatic carbocycles. The van der Waals surface area contributed by atoms with E-state index in [-0.39, 0.29) is 5.91 Å². The van der Waals surface area contributed by atoms with E-state index in [1.807, 2.05) is 0 Å². The van der Waals surface area contributed by atoms with E-state index in [2.05, 4.69) is 31.2 Å². The molecule has 2 rings (SSSR count). The minimum atomic E-state index is -0.246. The van der Waals surface area contributed by atoms with Crippen molar-refractivity contribution < 1.29 is 4.79 Å². The van der Waals surface area contributed by atoms with Crippen LogP contribution in [0.25, 0.3) is 0 Å². The van der Waals surface area contributed by atoms with Gasteiger partial charge in [0.15, 0.2) is 5.01 Å². The van der Waals surface area contributed by atoms with Crippen LogP contribution in [0.2, 0.25) is 0 Å². The van der Waals surface area contributed by atoms with Crippen LogP contribution in [0.15, 0.2) is 34.4 Å². The fourth-order valence-corrected chi connectivity index (χ4v) is 2.11. The molecule has 0 spiro atoms. The van der Waals surface area contributed by atoms with E-state index in [0.717, 1.165) is 0 Å². The first kappa shape index (κ1) is 10.3. The van der Waals surface area contributed by atoms with E-state index in [1.54, 1.807) is 29.8 Å². The molecular weight excluding hydrogens is 278 g/mol. The van der Waals surface area contributed by atoms with Gasteiger partial charge in [0.05, 0.1) is 0 Å². The van der Waals surface area contributed by atoms with Crippen LogP contribution < -0.4 is 5.32 Å². The van der Waals surface area contributed by atoms with E-state index in [0.29, 0.717) is 15.4 Å². The number of halogens is 1. The lowest BCUT2D eigenvalue weighted by Crippen LogP contribution is -2.12. The van der Waals surface area contributed by atoms with Gasteiger partial charge in [-0.3, -0.25) is 4.79 Å². The van der Waals surface area contributed by atoms with Gasteiger partial charge in [-0.15, -0.1) is 11.3 Å². The van der Waals surface area contributed by atoms with Crippen LogP contribution in [-0.2, 0) is 0 Å². The van der Waals surface area contributed by atoms with Crippen LogP contribution in [0.5, 0.6) is 0 Å². The second-order valence-electron chi connectivity index (χ2n) is 2.64. The fraction of sp³-hybridized carbons (Fsp3) is 0. The number of pyridine rings is 1. The predicted molar refractivity (Wildman–Crippen MR) is 62.0 cm³/mol. The van der Waals surface area contributed by atoms with Crippen molar-refractivity contribution in [2.45, 2.75) is 0 Å². The third kappa shape index (κ3) is 2.60. The highest BCUT2D eigenvalue weighted by molar-refractivity contribution is 9.10. The van der Waals surface area contributed by atoms with Gasteiger partial charge >= 0.3 is 0 Å². The summed E-state index contributed by atoms with van der Waals surface area (Å²) < 4.78 is 0.665. The number of nitrogens with zero attached hydrogens (tertiary/aromatic N) is 2. The molecule has 2 heterocycles. The van der Waals surface area contributed by atoms with Crippen molar-refractivity contribution in [1.29, 1.82) is 0 Å². The SMILES string of the molecule is O=C(Nc1ccccn1)c1nc(Br)cs1. The zero-order valence-electron chi connectivity index (χ0n) is 7.48. The maximum atomic E-state index is 11.6. The smallest absolute Gasteiger partial charge is 0.285 e. The van der Waals surface area contributed by atoms with Gasteiger partial charge in [0, 0.05) is 11.6 Å². The number of nitrogens with one attached hydrogen (secondary N) is 1. The molecule has 0 aromatic carbocycles. The Morgan fingerprint density at radius 1 is 1.47 bits per heavy atom. The number of hydrogen-bond donors (Lipinski definition) is 1. The lowest BCUT2D eigenvalue weighted by molar-refractivity contribution is 0.102. The minimum absolute atomic E-state index is 0.246. The molecule has 1 N–H and O–H groups in total. The Hall–Kier alpha value is -1.27. The molecule has 0 bridgehead atoms. The highest BCUT2D eigenvalue weighted by atomic mass is 79.9. The van der Waals surface area contributed by atoms with Gasteiger partial charge in [-0.25, -0.2) is 9.97 Å². The number of anilines is 1. The highest BCUT2D eigenvalue weighted by Gasteiger charge is 2.10. The Morgan fingerprint density at radius 3 is 2.93 bits per heavy atom. The van der Waals surface area contributed by atoms with Crippen LogP contribution >= 0.6 is 27.3 Å². The zero-order valence-corrected chi connectivity index (χ0v) is 9.88. The lowest BCUT2D eigenvalue weighted by atomic mass is 10.4. The molecule has 6 heteroatoms.